The van der Waals surface area contributed by atoms with Crippen LogP contribution in [0, 0.1) is 5.92 Å². The van der Waals surface area contributed by atoms with E-state index >= 15 is 0 Å². The molecule has 2 amide bonds. The lowest BCUT2D eigenvalue weighted by atomic mass is 9.95. The number of carbonyl (C=O) groups excluding carboxylic acids is 2. The Morgan fingerprint density at radius 1 is 1.19 bits per heavy atom. The number of nitrogens with zero attached hydrogens (tertiary/aromatic N) is 2. The summed E-state index contributed by atoms with van der Waals surface area (Å²) in [5.41, 5.74) is 0.585. The summed E-state index contributed by atoms with van der Waals surface area (Å²) >= 11 is 0. The molecule has 0 atom stereocenters. The van der Waals surface area contributed by atoms with E-state index in [1.54, 1.807) is 44.3 Å². The zero-order valence-corrected chi connectivity index (χ0v) is 16.3. The molecule has 1 aliphatic rings. The Morgan fingerprint density at radius 3 is 2.46 bits per heavy atom. The highest BCUT2D eigenvalue weighted by molar-refractivity contribution is 5.95. The van der Waals surface area contributed by atoms with Crippen molar-refractivity contribution in [3.63, 3.8) is 0 Å². The average Bonchev–Trinajstić information content (AvgIpc) is 2.67. The molecule has 1 aromatic rings. The Morgan fingerprint density at radius 2 is 1.88 bits per heavy atom. The van der Waals surface area contributed by atoms with Crippen molar-refractivity contribution < 1.29 is 19.1 Å². The van der Waals surface area contributed by atoms with Gasteiger partial charge in [0.25, 0.3) is 5.91 Å². The van der Waals surface area contributed by atoms with Gasteiger partial charge in [-0.05, 0) is 37.5 Å². The maximum atomic E-state index is 12.8. The number of amides is 2. The summed E-state index contributed by atoms with van der Waals surface area (Å²) in [6.45, 7) is 3.94. The molecule has 1 heterocycles. The monoisotopic (exact) mass is 362 g/mol. The van der Waals surface area contributed by atoms with E-state index in [1.807, 2.05) is 4.90 Å². The van der Waals surface area contributed by atoms with Crippen LogP contribution in [0.2, 0.25) is 0 Å². The van der Waals surface area contributed by atoms with E-state index in [2.05, 4.69) is 6.92 Å². The van der Waals surface area contributed by atoms with Crippen molar-refractivity contribution in [1.82, 2.24) is 9.80 Å². The van der Waals surface area contributed by atoms with Crippen LogP contribution in [0.4, 0.5) is 0 Å². The van der Waals surface area contributed by atoms with Crippen LogP contribution in [-0.4, -0.2) is 62.5 Å². The van der Waals surface area contributed by atoms with Gasteiger partial charge in [0, 0.05) is 38.7 Å². The molecule has 1 aliphatic heterocycles. The summed E-state index contributed by atoms with van der Waals surface area (Å²) in [4.78, 5) is 28.3. The fourth-order valence-corrected chi connectivity index (χ4v) is 3.12. The minimum absolute atomic E-state index is 0.0120. The predicted molar refractivity (Wildman–Crippen MR) is 101 cm³/mol. The van der Waals surface area contributed by atoms with Gasteiger partial charge in [-0.15, -0.1) is 0 Å². The number of piperidine rings is 1. The highest BCUT2D eigenvalue weighted by atomic mass is 16.5. The van der Waals surface area contributed by atoms with Gasteiger partial charge in [-0.2, -0.15) is 0 Å². The number of carbonyl (C=O) groups is 2. The van der Waals surface area contributed by atoms with E-state index in [4.69, 9.17) is 9.47 Å². The molecule has 0 saturated carbocycles. The predicted octanol–water partition coefficient (Wildman–Crippen LogP) is 2.81. The van der Waals surface area contributed by atoms with Gasteiger partial charge < -0.3 is 19.3 Å². The summed E-state index contributed by atoms with van der Waals surface area (Å²) < 4.78 is 11.1. The van der Waals surface area contributed by atoms with E-state index in [0.717, 1.165) is 12.8 Å². The lowest BCUT2D eigenvalue weighted by Crippen LogP contribution is -2.42. The molecule has 0 unspecified atom stereocenters. The van der Waals surface area contributed by atoms with E-state index in [1.165, 1.54) is 0 Å². The second kappa shape index (κ2) is 9.46. The van der Waals surface area contributed by atoms with Crippen molar-refractivity contribution in [3.05, 3.63) is 23.8 Å². The average molecular weight is 362 g/mol. The molecule has 6 nitrogen and oxygen atoms in total. The maximum absolute atomic E-state index is 12.8. The van der Waals surface area contributed by atoms with Gasteiger partial charge in [0.15, 0.2) is 11.5 Å². The van der Waals surface area contributed by atoms with Gasteiger partial charge in [0.05, 0.1) is 13.7 Å². The molecule has 0 spiro atoms. The first-order chi connectivity index (χ1) is 12.5. The van der Waals surface area contributed by atoms with Crippen molar-refractivity contribution in [2.24, 2.45) is 5.92 Å². The first kappa shape index (κ1) is 20.1. The fourth-order valence-electron chi connectivity index (χ4n) is 3.12. The van der Waals surface area contributed by atoms with Gasteiger partial charge in [0.1, 0.15) is 0 Å². The molecule has 2 rings (SSSR count). The third-order valence-electron chi connectivity index (χ3n) is 4.74. The summed E-state index contributed by atoms with van der Waals surface area (Å²) in [5.74, 6) is 1.36. The highest BCUT2D eigenvalue weighted by Crippen LogP contribution is 2.29. The standard InChI is InChI=1S/C20H30N2O4/c1-5-6-13-26-17-8-7-16(14-18(17)25-4)20(24)22-11-9-15(10-12-22)19(23)21(2)3/h7-8,14-15H,5-6,9-13H2,1-4H3. The topological polar surface area (TPSA) is 59.1 Å². The third kappa shape index (κ3) is 4.90. The lowest BCUT2D eigenvalue weighted by molar-refractivity contribution is -0.134. The minimum atomic E-state index is -0.0286. The summed E-state index contributed by atoms with van der Waals surface area (Å²) in [7, 11) is 5.13. The van der Waals surface area contributed by atoms with E-state index in [-0.39, 0.29) is 17.7 Å². The van der Waals surface area contributed by atoms with Gasteiger partial charge in [-0.25, -0.2) is 0 Å². The van der Waals surface area contributed by atoms with Crippen LogP contribution < -0.4 is 9.47 Å². The molecule has 0 N–H and O–H groups in total. The minimum Gasteiger partial charge on any atom is -0.493 e. The molecule has 144 valence electrons. The van der Waals surface area contributed by atoms with Crippen molar-refractivity contribution in [2.75, 3.05) is 40.9 Å². The van der Waals surface area contributed by atoms with Crippen LogP contribution in [0.5, 0.6) is 11.5 Å². The quantitative estimate of drug-likeness (QED) is 0.700. The van der Waals surface area contributed by atoms with Crippen molar-refractivity contribution >= 4 is 11.8 Å². The van der Waals surface area contributed by atoms with Crippen molar-refractivity contribution in [1.29, 1.82) is 0 Å². The van der Waals surface area contributed by atoms with Crippen LogP contribution in [-0.2, 0) is 4.79 Å². The Labute approximate surface area is 156 Å². The van der Waals surface area contributed by atoms with E-state index < -0.39 is 0 Å². The van der Waals surface area contributed by atoms with Crippen LogP contribution in [0.3, 0.4) is 0 Å². The van der Waals surface area contributed by atoms with Gasteiger partial charge in [-0.1, -0.05) is 13.3 Å². The summed E-state index contributed by atoms with van der Waals surface area (Å²) in [6, 6.07) is 5.31. The number of ether oxygens (including phenoxy) is 2. The molecule has 0 aromatic heterocycles. The normalized spacial score (nSPS) is 14.8. The molecular formula is C20H30N2O4. The number of unbranched alkanes of at least 4 members (excludes halogenated alkanes) is 1. The fraction of sp³-hybridized carbons (Fsp3) is 0.600. The first-order valence-corrected chi connectivity index (χ1v) is 9.29. The molecule has 6 heteroatoms. The molecule has 1 fully saturated rings. The number of hydrogen-bond donors (Lipinski definition) is 0. The number of likely N-dealkylation sites (tertiary alicyclic amines) is 1. The molecule has 1 aromatic carbocycles. The number of methoxy groups -OCH3 is 1. The van der Waals surface area contributed by atoms with Crippen LogP contribution in [0.25, 0.3) is 0 Å². The smallest absolute Gasteiger partial charge is 0.253 e. The maximum Gasteiger partial charge on any atom is 0.253 e. The second-order valence-electron chi connectivity index (χ2n) is 6.87. The highest BCUT2D eigenvalue weighted by Gasteiger charge is 2.28. The number of hydrogen-bond acceptors (Lipinski definition) is 4. The summed E-state index contributed by atoms with van der Waals surface area (Å²) in [5, 5.41) is 0. The van der Waals surface area contributed by atoms with Crippen LogP contribution in [0.1, 0.15) is 43.0 Å². The molecule has 1 saturated heterocycles. The Kier molecular flexibility index (Phi) is 7.30. The van der Waals surface area contributed by atoms with Gasteiger partial charge in [0.2, 0.25) is 5.91 Å². The molecular weight excluding hydrogens is 332 g/mol. The van der Waals surface area contributed by atoms with Gasteiger partial charge >= 0.3 is 0 Å². The first-order valence-electron chi connectivity index (χ1n) is 9.29. The van der Waals surface area contributed by atoms with Crippen molar-refractivity contribution in [3.8, 4) is 11.5 Å². The Bertz CT molecular complexity index is 622. The molecule has 0 radical (unpaired) electrons. The molecule has 26 heavy (non-hydrogen) atoms. The zero-order valence-electron chi connectivity index (χ0n) is 16.3. The largest absolute Gasteiger partial charge is 0.493 e. The van der Waals surface area contributed by atoms with Crippen LogP contribution >= 0.6 is 0 Å². The molecule has 0 aliphatic carbocycles. The lowest BCUT2D eigenvalue weighted by Gasteiger charge is -2.32. The van der Waals surface area contributed by atoms with E-state index in [0.29, 0.717) is 49.6 Å². The number of rotatable bonds is 7. The SMILES string of the molecule is CCCCOc1ccc(C(=O)N2CCC(C(=O)N(C)C)CC2)cc1OC. The third-order valence-corrected chi connectivity index (χ3v) is 4.74. The Hall–Kier alpha value is -2.24. The van der Waals surface area contributed by atoms with E-state index in [9.17, 15) is 9.59 Å². The van der Waals surface area contributed by atoms with Crippen molar-refractivity contribution in [2.45, 2.75) is 32.6 Å². The molecule has 0 bridgehead atoms. The Balaban J connectivity index is 2.00. The van der Waals surface area contributed by atoms with Gasteiger partial charge in [-0.3, -0.25) is 9.59 Å². The number of benzene rings is 1. The second-order valence-corrected chi connectivity index (χ2v) is 6.87. The van der Waals surface area contributed by atoms with Crippen LogP contribution in [0.15, 0.2) is 18.2 Å². The summed E-state index contributed by atoms with van der Waals surface area (Å²) in [6.07, 6.45) is 3.45. The zero-order chi connectivity index (χ0) is 19.1.